The fraction of sp³-hybridized carbons (Fsp3) is 0.259. The van der Waals surface area contributed by atoms with Crippen molar-refractivity contribution in [3.63, 3.8) is 0 Å². The Morgan fingerprint density at radius 1 is 1.03 bits per heavy atom. The van der Waals surface area contributed by atoms with E-state index in [1.165, 1.54) is 35.2 Å². The molecular formula is C27H25F3N4O4. The predicted molar refractivity (Wildman–Crippen MR) is 136 cm³/mol. The number of anilines is 2. The molecule has 0 aromatic heterocycles. The van der Waals surface area contributed by atoms with Crippen LogP contribution in [-0.4, -0.2) is 34.9 Å². The lowest BCUT2D eigenvalue weighted by atomic mass is 10.1. The molecule has 1 aliphatic heterocycles. The van der Waals surface area contributed by atoms with E-state index in [9.17, 15) is 32.9 Å². The van der Waals surface area contributed by atoms with Crippen LogP contribution in [0.25, 0.3) is 0 Å². The van der Waals surface area contributed by atoms with Gasteiger partial charge >= 0.3 is 12.2 Å². The number of halogens is 3. The number of benzene rings is 3. The van der Waals surface area contributed by atoms with Gasteiger partial charge in [-0.15, -0.1) is 0 Å². The van der Waals surface area contributed by atoms with E-state index in [0.717, 1.165) is 17.7 Å². The number of alkyl halides is 3. The number of hydrogen-bond acceptors (Lipinski definition) is 4. The van der Waals surface area contributed by atoms with Crippen molar-refractivity contribution in [1.82, 2.24) is 4.90 Å². The molecule has 3 aromatic carbocycles. The minimum atomic E-state index is -4.44. The highest BCUT2D eigenvalue weighted by atomic mass is 19.4. The number of urea groups is 1. The van der Waals surface area contributed by atoms with Crippen LogP contribution >= 0.6 is 0 Å². The Labute approximate surface area is 216 Å². The van der Waals surface area contributed by atoms with E-state index in [2.05, 4.69) is 5.32 Å². The first-order valence-corrected chi connectivity index (χ1v) is 11.8. The maximum absolute atomic E-state index is 13.4. The third kappa shape index (κ3) is 5.77. The number of nitro groups is 1. The summed E-state index contributed by atoms with van der Waals surface area (Å²) in [7, 11) is 0. The van der Waals surface area contributed by atoms with Gasteiger partial charge in [0.25, 0.3) is 11.6 Å². The number of hydrogen-bond donors (Lipinski definition) is 1. The minimum Gasteiger partial charge on any atom is -0.320 e. The number of carbonyl (C=O) groups excluding carboxylic acids is 2. The predicted octanol–water partition coefficient (Wildman–Crippen LogP) is 6.32. The van der Waals surface area contributed by atoms with Crippen molar-refractivity contribution in [3.8, 4) is 0 Å². The fourth-order valence-corrected chi connectivity index (χ4v) is 4.30. The lowest BCUT2D eigenvalue weighted by Crippen LogP contribution is -2.49. The lowest BCUT2D eigenvalue weighted by molar-refractivity contribution is -0.385. The standard InChI is InChI=1S/C27H25F3N4O4/c1-17-4-11-23(22(14-17)31-25(35)20-8-5-18(2)24(15-20)34(37)38)33-13-3-12-32(26(33)36)16-19-6-9-21(10-7-19)27(28,29)30/h4-11,14-15H,3,12-13,16H2,1-2H3,(H,31,35). The monoisotopic (exact) mass is 526 g/mol. The average Bonchev–Trinajstić information content (AvgIpc) is 2.85. The number of amides is 3. The molecule has 4 rings (SSSR count). The largest absolute Gasteiger partial charge is 0.416 e. The van der Waals surface area contributed by atoms with Gasteiger partial charge in [-0.05, 0) is 61.7 Å². The zero-order chi connectivity index (χ0) is 27.6. The molecule has 0 unspecified atom stereocenters. The molecule has 0 bridgehead atoms. The first-order chi connectivity index (χ1) is 17.9. The Balaban J connectivity index is 1.56. The molecular weight excluding hydrogens is 501 g/mol. The van der Waals surface area contributed by atoms with E-state index in [4.69, 9.17) is 0 Å². The quantitative estimate of drug-likeness (QED) is 0.301. The van der Waals surface area contributed by atoms with E-state index in [0.29, 0.717) is 42.0 Å². The van der Waals surface area contributed by atoms with Crippen LogP contribution in [0.1, 0.15) is 39.0 Å². The molecule has 0 aliphatic carbocycles. The maximum Gasteiger partial charge on any atom is 0.416 e. The number of carbonyl (C=O) groups is 2. The summed E-state index contributed by atoms with van der Waals surface area (Å²) in [5, 5.41) is 14.1. The van der Waals surface area contributed by atoms with Gasteiger partial charge in [0.15, 0.2) is 0 Å². The van der Waals surface area contributed by atoms with Crippen molar-refractivity contribution in [2.24, 2.45) is 0 Å². The van der Waals surface area contributed by atoms with Crippen LogP contribution in [0.4, 0.5) is 35.0 Å². The molecule has 11 heteroatoms. The summed E-state index contributed by atoms with van der Waals surface area (Å²) in [4.78, 5) is 40.2. The van der Waals surface area contributed by atoms with Gasteiger partial charge in [-0.2, -0.15) is 13.2 Å². The van der Waals surface area contributed by atoms with Crippen LogP contribution in [-0.2, 0) is 12.7 Å². The minimum absolute atomic E-state index is 0.101. The third-order valence-corrected chi connectivity index (χ3v) is 6.32. The molecule has 38 heavy (non-hydrogen) atoms. The molecule has 1 N–H and O–H groups in total. The summed E-state index contributed by atoms with van der Waals surface area (Å²) in [5.41, 5.74) is 1.80. The average molecular weight is 527 g/mol. The smallest absolute Gasteiger partial charge is 0.320 e. The first kappa shape index (κ1) is 26.6. The molecule has 0 atom stereocenters. The zero-order valence-corrected chi connectivity index (χ0v) is 20.7. The Hall–Kier alpha value is -4.41. The van der Waals surface area contributed by atoms with Crippen LogP contribution in [0.2, 0.25) is 0 Å². The highest BCUT2D eigenvalue weighted by Crippen LogP contribution is 2.32. The van der Waals surface area contributed by atoms with Crippen molar-refractivity contribution in [2.45, 2.75) is 33.0 Å². The van der Waals surface area contributed by atoms with E-state index < -0.39 is 22.6 Å². The van der Waals surface area contributed by atoms with Crippen molar-refractivity contribution in [3.05, 3.63) is 98.6 Å². The molecule has 198 valence electrons. The second kappa shape index (κ2) is 10.5. The third-order valence-electron chi connectivity index (χ3n) is 6.32. The summed E-state index contributed by atoms with van der Waals surface area (Å²) < 4.78 is 38.7. The molecule has 3 amide bonds. The van der Waals surface area contributed by atoms with E-state index in [1.807, 2.05) is 6.92 Å². The van der Waals surface area contributed by atoms with Crippen molar-refractivity contribution >= 4 is 29.0 Å². The summed E-state index contributed by atoms with van der Waals surface area (Å²) in [6.07, 6.45) is -3.83. The lowest BCUT2D eigenvalue weighted by Gasteiger charge is -2.36. The number of nitrogens with zero attached hydrogens (tertiary/aromatic N) is 3. The van der Waals surface area contributed by atoms with Crippen LogP contribution in [0.5, 0.6) is 0 Å². The molecule has 1 fully saturated rings. The Morgan fingerprint density at radius 2 is 1.74 bits per heavy atom. The number of rotatable bonds is 6. The summed E-state index contributed by atoms with van der Waals surface area (Å²) in [6, 6.07) is 13.8. The van der Waals surface area contributed by atoms with Gasteiger partial charge < -0.3 is 10.2 Å². The zero-order valence-electron chi connectivity index (χ0n) is 20.7. The van der Waals surface area contributed by atoms with Crippen LogP contribution in [0.3, 0.4) is 0 Å². The summed E-state index contributed by atoms with van der Waals surface area (Å²) in [5.74, 6) is -0.564. The second-order valence-corrected chi connectivity index (χ2v) is 9.14. The summed E-state index contributed by atoms with van der Waals surface area (Å²) in [6.45, 7) is 4.34. The number of nitro benzene ring substituents is 1. The van der Waals surface area contributed by atoms with Gasteiger partial charge in [0.05, 0.1) is 21.9 Å². The topological polar surface area (TPSA) is 95.8 Å². The Morgan fingerprint density at radius 3 is 2.39 bits per heavy atom. The van der Waals surface area contributed by atoms with Gasteiger partial charge in [-0.3, -0.25) is 19.8 Å². The molecule has 1 saturated heterocycles. The molecule has 0 spiro atoms. The van der Waals surface area contributed by atoms with Gasteiger partial charge in [0.2, 0.25) is 0 Å². The molecule has 1 heterocycles. The fourth-order valence-electron chi connectivity index (χ4n) is 4.30. The summed E-state index contributed by atoms with van der Waals surface area (Å²) >= 11 is 0. The van der Waals surface area contributed by atoms with Crippen LogP contribution < -0.4 is 10.2 Å². The highest BCUT2D eigenvalue weighted by molar-refractivity contribution is 6.08. The van der Waals surface area contributed by atoms with E-state index >= 15 is 0 Å². The van der Waals surface area contributed by atoms with Crippen LogP contribution in [0.15, 0.2) is 60.7 Å². The maximum atomic E-state index is 13.4. The molecule has 3 aromatic rings. The molecule has 1 aliphatic rings. The van der Waals surface area contributed by atoms with Gasteiger partial charge in [0, 0.05) is 36.8 Å². The number of nitrogens with one attached hydrogen (secondary N) is 1. The van der Waals surface area contributed by atoms with Gasteiger partial charge in [-0.1, -0.05) is 24.3 Å². The first-order valence-electron chi connectivity index (χ1n) is 11.8. The van der Waals surface area contributed by atoms with Crippen molar-refractivity contribution in [1.29, 1.82) is 0 Å². The Kier molecular flexibility index (Phi) is 7.38. The van der Waals surface area contributed by atoms with Crippen molar-refractivity contribution in [2.75, 3.05) is 23.3 Å². The Bertz CT molecular complexity index is 1390. The SMILES string of the molecule is Cc1ccc(N2CCCN(Cc3ccc(C(F)(F)F)cc3)C2=O)c(NC(=O)c2ccc(C)c([N+](=O)[O-])c2)c1. The van der Waals surface area contributed by atoms with Gasteiger partial charge in [-0.25, -0.2) is 4.79 Å². The van der Waals surface area contributed by atoms with Gasteiger partial charge in [0.1, 0.15) is 0 Å². The molecule has 0 saturated carbocycles. The normalized spacial score (nSPS) is 14.0. The van der Waals surface area contributed by atoms with Crippen molar-refractivity contribution < 1.29 is 27.7 Å². The van der Waals surface area contributed by atoms with Crippen LogP contribution in [0, 0.1) is 24.0 Å². The molecule has 8 nitrogen and oxygen atoms in total. The van der Waals surface area contributed by atoms with E-state index in [1.54, 1.807) is 30.0 Å². The highest BCUT2D eigenvalue weighted by Gasteiger charge is 2.31. The number of aryl methyl sites for hydroxylation is 2. The van der Waals surface area contributed by atoms with E-state index in [-0.39, 0.29) is 23.8 Å². The molecule has 0 radical (unpaired) electrons. The second-order valence-electron chi connectivity index (χ2n) is 9.14.